The Morgan fingerprint density at radius 3 is 2.48 bits per heavy atom. The summed E-state index contributed by atoms with van der Waals surface area (Å²) in [5.74, 6) is 0.892. The second-order valence-electron chi connectivity index (χ2n) is 5.35. The van der Waals surface area contributed by atoms with Gasteiger partial charge in [0.05, 0.1) is 7.11 Å². The largest absolute Gasteiger partial charge is 0.497 e. The molecule has 0 aromatic heterocycles. The van der Waals surface area contributed by atoms with Crippen LogP contribution in [-0.2, 0) is 6.42 Å². The van der Waals surface area contributed by atoms with Gasteiger partial charge in [-0.2, -0.15) is 0 Å². The first-order valence-corrected chi connectivity index (χ1v) is 7.91. The lowest BCUT2D eigenvalue weighted by Crippen LogP contribution is -2.19. The van der Waals surface area contributed by atoms with Crippen LogP contribution >= 0.6 is 15.9 Å². The van der Waals surface area contributed by atoms with Gasteiger partial charge >= 0.3 is 0 Å². The maximum atomic E-state index is 5.32. The van der Waals surface area contributed by atoms with Crippen molar-refractivity contribution in [2.75, 3.05) is 14.2 Å². The summed E-state index contributed by atoms with van der Waals surface area (Å²) >= 11 is 3.63. The molecule has 0 aliphatic carbocycles. The van der Waals surface area contributed by atoms with Crippen LogP contribution in [0.4, 0.5) is 0 Å². The summed E-state index contributed by atoms with van der Waals surface area (Å²) in [6.45, 7) is 4.30. The number of ether oxygens (including phenoxy) is 1. The zero-order valence-electron chi connectivity index (χ0n) is 13.0. The van der Waals surface area contributed by atoms with Crippen LogP contribution in [0.2, 0.25) is 0 Å². The molecule has 0 radical (unpaired) electrons. The molecule has 112 valence electrons. The Hall–Kier alpha value is -1.32. The van der Waals surface area contributed by atoms with Gasteiger partial charge in [-0.05, 0) is 67.8 Å². The topological polar surface area (TPSA) is 21.3 Å². The van der Waals surface area contributed by atoms with Gasteiger partial charge in [0.15, 0.2) is 0 Å². The molecule has 0 spiro atoms. The average Bonchev–Trinajstić information content (AvgIpc) is 2.49. The van der Waals surface area contributed by atoms with E-state index in [1.54, 1.807) is 7.11 Å². The van der Waals surface area contributed by atoms with Gasteiger partial charge in [0, 0.05) is 10.5 Å². The fourth-order valence-electron chi connectivity index (χ4n) is 2.42. The smallest absolute Gasteiger partial charge is 0.119 e. The normalized spacial score (nSPS) is 12.2. The van der Waals surface area contributed by atoms with Crippen molar-refractivity contribution in [3.05, 3.63) is 63.1 Å². The maximum absolute atomic E-state index is 5.32. The van der Waals surface area contributed by atoms with E-state index in [2.05, 4.69) is 59.4 Å². The van der Waals surface area contributed by atoms with Gasteiger partial charge in [0.25, 0.3) is 0 Å². The zero-order valence-corrected chi connectivity index (χ0v) is 14.6. The molecule has 0 saturated carbocycles. The predicted octanol–water partition coefficient (Wildman–Crippen LogP) is 4.58. The van der Waals surface area contributed by atoms with Crippen LogP contribution in [0.3, 0.4) is 0 Å². The van der Waals surface area contributed by atoms with Crippen molar-refractivity contribution in [2.45, 2.75) is 26.3 Å². The highest BCUT2D eigenvalue weighted by Gasteiger charge is 2.13. The van der Waals surface area contributed by atoms with E-state index < -0.39 is 0 Å². The second kappa shape index (κ2) is 7.10. The number of nitrogens with one attached hydrogen (secondary N) is 1. The minimum absolute atomic E-state index is 0.285. The first-order chi connectivity index (χ1) is 10.0. The molecular weight excluding hydrogens is 326 g/mol. The molecular formula is C18H22BrNO. The van der Waals surface area contributed by atoms with Gasteiger partial charge < -0.3 is 10.1 Å². The average molecular weight is 348 g/mol. The minimum Gasteiger partial charge on any atom is -0.497 e. The molecule has 3 heteroatoms. The van der Waals surface area contributed by atoms with Crippen LogP contribution in [0.15, 0.2) is 40.9 Å². The van der Waals surface area contributed by atoms with Gasteiger partial charge in [-0.15, -0.1) is 0 Å². The highest BCUT2D eigenvalue weighted by Crippen LogP contribution is 2.28. The first kappa shape index (κ1) is 16.1. The van der Waals surface area contributed by atoms with Crippen LogP contribution in [0.1, 0.15) is 28.3 Å². The van der Waals surface area contributed by atoms with E-state index in [0.717, 1.165) is 16.6 Å². The fourth-order valence-corrected chi connectivity index (χ4v) is 2.83. The quantitative estimate of drug-likeness (QED) is 0.854. The molecule has 0 heterocycles. The SMILES string of the molecule is CNC(Cc1cc(OC)ccc1Br)c1ccc(C)c(C)c1. The molecule has 1 atom stereocenters. The molecule has 0 saturated heterocycles. The summed E-state index contributed by atoms with van der Waals surface area (Å²) in [6.07, 6.45) is 0.913. The van der Waals surface area contributed by atoms with Gasteiger partial charge in [0.1, 0.15) is 5.75 Å². The van der Waals surface area contributed by atoms with Crippen molar-refractivity contribution in [1.82, 2.24) is 5.32 Å². The maximum Gasteiger partial charge on any atom is 0.119 e. The van der Waals surface area contributed by atoms with Crippen molar-refractivity contribution < 1.29 is 4.74 Å². The predicted molar refractivity (Wildman–Crippen MR) is 92.1 cm³/mol. The Morgan fingerprint density at radius 2 is 1.86 bits per heavy atom. The Bertz CT molecular complexity index is 625. The number of aryl methyl sites for hydroxylation is 2. The van der Waals surface area contributed by atoms with Crippen molar-refractivity contribution in [3.63, 3.8) is 0 Å². The van der Waals surface area contributed by atoms with Crippen molar-refractivity contribution in [3.8, 4) is 5.75 Å². The summed E-state index contributed by atoms with van der Waals surface area (Å²) in [4.78, 5) is 0. The van der Waals surface area contributed by atoms with Gasteiger partial charge in [-0.1, -0.05) is 34.1 Å². The molecule has 1 unspecified atom stereocenters. The molecule has 2 aromatic carbocycles. The van der Waals surface area contributed by atoms with Gasteiger partial charge in [-0.25, -0.2) is 0 Å². The van der Waals surface area contributed by atoms with Gasteiger partial charge in [0.2, 0.25) is 0 Å². The van der Waals surface area contributed by atoms with Crippen molar-refractivity contribution in [1.29, 1.82) is 0 Å². The first-order valence-electron chi connectivity index (χ1n) is 7.12. The van der Waals surface area contributed by atoms with E-state index in [1.165, 1.54) is 22.3 Å². The number of halogens is 1. The molecule has 2 rings (SSSR count). The highest BCUT2D eigenvalue weighted by atomic mass is 79.9. The lowest BCUT2D eigenvalue weighted by molar-refractivity contribution is 0.414. The lowest BCUT2D eigenvalue weighted by atomic mass is 9.96. The number of methoxy groups -OCH3 is 1. The Kier molecular flexibility index (Phi) is 5.43. The van der Waals surface area contributed by atoms with E-state index in [1.807, 2.05) is 19.2 Å². The van der Waals surface area contributed by atoms with Crippen LogP contribution in [0.5, 0.6) is 5.75 Å². The van der Waals surface area contributed by atoms with Crippen LogP contribution < -0.4 is 10.1 Å². The molecule has 0 aliphatic heterocycles. The lowest BCUT2D eigenvalue weighted by Gasteiger charge is -2.19. The van der Waals surface area contributed by atoms with Crippen LogP contribution in [-0.4, -0.2) is 14.2 Å². The van der Waals surface area contributed by atoms with E-state index >= 15 is 0 Å². The standard InChI is InChI=1S/C18H22BrNO/c1-12-5-6-14(9-13(12)2)18(20-3)11-15-10-16(21-4)7-8-17(15)19/h5-10,18,20H,11H2,1-4H3. The molecule has 0 aliphatic rings. The van der Waals surface area contributed by atoms with Gasteiger partial charge in [-0.3, -0.25) is 0 Å². The number of hydrogen-bond acceptors (Lipinski definition) is 2. The highest BCUT2D eigenvalue weighted by molar-refractivity contribution is 9.10. The molecule has 1 N–H and O–H groups in total. The Balaban J connectivity index is 2.28. The van der Waals surface area contributed by atoms with Crippen LogP contribution in [0.25, 0.3) is 0 Å². The molecule has 0 bridgehead atoms. The molecule has 2 nitrogen and oxygen atoms in total. The van der Waals surface area contributed by atoms with E-state index in [9.17, 15) is 0 Å². The summed E-state index contributed by atoms with van der Waals surface area (Å²) in [5.41, 5.74) is 5.22. The van der Waals surface area contributed by atoms with E-state index in [4.69, 9.17) is 4.74 Å². The van der Waals surface area contributed by atoms with Crippen molar-refractivity contribution >= 4 is 15.9 Å². The van der Waals surface area contributed by atoms with E-state index in [-0.39, 0.29) is 6.04 Å². The third kappa shape index (κ3) is 3.86. The monoisotopic (exact) mass is 347 g/mol. The summed E-state index contributed by atoms with van der Waals surface area (Å²) in [5, 5.41) is 3.42. The number of benzene rings is 2. The third-order valence-electron chi connectivity index (χ3n) is 3.96. The zero-order chi connectivity index (χ0) is 15.4. The minimum atomic E-state index is 0.285. The fraction of sp³-hybridized carbons (Fsp3) is 0.333. The number of hydrogen-bond donors (Lipinski definition) is 1. The Labute approximate surface area is 135 Å². The van der Waals surface area contributed by atoms with Crippen LogP contribution in [0, 0.1) is 13.8 Å². The number of rotatable bonds is 5. The summed E-state index contributed by atoms with van der Waals surface area (Å²) in [6, 6.07) is 13.1. The summed E-state index contributed by atoms with van der Waals surface area (Å²) < 4.78 is 6.44. The Morgan fingerprint density at radius 1 is 1.10 bits per heavy atom. The molecule has 0 fully saturated rings. The third-order valence-corrected chi connectivity index (χ3v) is 4.73. The second-order valence-corrected chi connectivity index (χ2v) is 6.20. The van der Waals surface area contributed by atoms with Crippen molar-refractivity contribution in [2.24, 2.45) is 0 Å². The molecule has 0 amide bonds. The molecule has 21 heavy (non-hydrogen) atoms. The summed E-state index contributed by atoms with van der Waals surface area (Å²) in [7, 11) is 3.71. The van der Waals surface area contributed by atoms with E-state index in [0.29, 0.717) is 0 Å². The molecule has 2 aromatic rings. The number of likely N-dealkylation sites (N-methyl/N-ethyl adjacent to an activating group) is 1.